The summed E-state index contributed by atoms with van der Waals surface area (Å²) >= 11 is 0. The average Bonchev–Trinajstić information content (AvgIpc) is 3.14. The molecule has 160 valence electrons. The summed E-state index contributed by atoms with van der Waals surface area (Å²) in [6, 6.07) is 20.1. The number of ether oxygens (including phenoxy) is 2. The zero-order chi connectivity index (χ0) is 22.5. The molecular formula is C25H19FN2O4. The lowest BCUT2D eigenvalue weighted by Crippen LogP contribution is -2.07. The summed E-state index contributed by atoms with van der Waals surface area (Å²) in [5.41, 5.74) is 2.86. The first-order valence-electron chi connectivity index (χ1n) is 9.85. The van der Waals surface area contributed by atoms with Gasteiger partial charge in [0.1, 0.15) is 18.2 Å². The van der Waals surface area contributed by atoms with Crippen molar-refractivity contribution in [1.82, 2.24) is 0 Å². The van der Waals surface area contributed by atoms with Gasteiger partial charge < -0.3 is 14.8 Å². The highest BCUT2D eigenvalue weighted by Gasteiger charge is 2.24. The molecule has 0 atom stereocenters. The zero-order valence-corrected chi connectivity index (χ0v) is 17.2. The monoisotopic (exact) mass is 430 g/mol. The van der Waals surface area contributed by atoms with E-state index in [1.54, 1.807) is 54.6 Å². The van der Waals surface area contributed by atoms with E-state index < -0.39 is 5.97 Å². The Balaban J connectivity index is 1.53. The Morgan fingerprint density at radius 3 is 2.50 bits per heavy atom. The predicted octanol–water partition coefficient (Wildman–Crippen LogP) is 4.71. The van der Waals surface area contributed by atoms with E-state index >= 15 is 0 Å². The van der Waals surface area contributed by atoms with Crippen molar-refractivity contribution in [2.75, 3.05) is 5.32 Å². The van der Waals surface area contributed by atoms with Crippen LogP contribution in [0.25, 0.3) is 6.08 Å². The van der Waals surface area contributed by atoms with Gasteiger partial charge in [-0.2, -0.15) is 0 Å². The summed E-state index contributed by atoms with van der Waals surface area (Å²) in [5.74, 6) is -0.315. The number of hydrogen-bond donors (Lipinski definition) is 1. The van der Waals surface area contributed by atoms with Crippen molar-refractivity contribution >= 4 is 29.5 Å². The largest absolute Gasteiger partial charge is 0.488 e. The van der Waals surface area contributed by atoms with Gasteiger partial charge in [0.05, 0.1) is 0 Å². The molecule has 0 fully saturated rings. The maximum atomic E-state index is 13.1. The molecule has 0 saturated carbocycles. The van der Waals surface area contributed by atoms with Crippen molar-refractivity contribution in [3.63, 3.8) is 0 Å². The van der Waals surface area contributed by atoms with Crippen LogP contribution < -0.4 is 10.1 Å². The summed E-state index contributed by atoms with van der Waals surface area (Å²) in [6.07, 6.45) is 1.60. The van der Waals surface area contributed by atoms with Crippen LogP contribution in [0.1, 0.15) is 23.6 Å². The van der Waals surface area contributed by atoms with Gasteiger partial charge in [0, 0.05) is 23.7 Å². The van der Waals surface area contributed by atoms with Crippen LogP contribution >= 0.6 is 0 Å². The molecule has 1 amide bonds. The molecule has 0 saturated heterocycles. The lowest BCUT2D eigenvalue weighted by atomic mass is 10.1. The summed E-state index contributed by atoms with van der Waals surface area (Å²) in [4.78, 5) is 27.8. The second-order valence-corrected chi connectivity index (χ2v) is 7.05. The fraction of sp³-hybridized carbons (Fsp3) is 0.0800. The third-order valence-electron chi connectivity index (χ3n) is 4.59. The smallest absolute Gasteiger partial charge is 0.363 e. The Hall–Kier alpha value is -4.26. The standard InChI is InChI=1S/C25H19FN2O4/c1-16(29)27-21-12-8-18(9-13-21)24-28-22(25(30)32-24)14-19-4-2-3-5-23(19)31-15-17-6-10-20(26)11-7-17/h2-14H,15H2,1H3,(H,27,29)/b22-14-. The maximum Gasteiger partial charge on any atom is 0.363 e. The number of para-hydroxylation sites is 1. The fourth-order valence-electron chi connectivity index (χ4n) is 3.05. The van der Waals surface area contributed by atoms with E-state index in [0.29, 0.717) is 22.6 Å². The number of hydrogen-bond acceptors (Lipinski definition) is 5. The molecule has 0 bridgehead atoms. The number of amides is 1. The first kappa shape index (κ1) is 21.0. The number of aliphatic imine (C=N–C) groups is 1. The number of cyclic esters (lactones) is 1. The van der Waals surface area contributed by atoms with Gasteiger partial charge in [0.2, 0.25) is 11.8 Å². The van der Waals surface area contributed by atoms with Crippen LogP contribution in [0.2, 0.25) is 0 Å². The minimum Gasteiger partial charge on any atom is -0.488 e. The number of anilines is 1. The molecule has 1 heterocycles. The maximum absolute atomic E-state index is 13.1. The molecule has 3 aromatic carbocycles. The van der Waals surface area contributed by atoms with Gasteiger partial charge in [-0.3, -0.25) is 4.79 Å². The molecule has 1 aliphatic rings. The Morgan fingerprint density at radius 1 is 1.06 bits per heavy atom. The van der Waals surface area contributed by atoms with Crippen LogP contribution in [0, 0.1) is 5.82 Å². The Morgan fingerprint density at radius 2 is 1.78 bits per heavy atom. The average molecular weight is 430 g/mol. The van der Waals surface area contributed by atoms with Crippen molar-refractivity contribution in [2.24, 2.45) is 4.99 Å². The van der Waals surface area contributed by atoms with Crippen LogP contribution in [-0.2, 0) is 20.9 Å². The Bertz CT molecular complexity index is 1220. The number of esters is 1. The van der Waals surface area contributed by atoms with Crippen LogP contribution in [-0.4, -0.2) is 17.8 Å². The van der Waals surface area contributed by atoms with Crippen molar-refractivity contribution in [3.8, 4) is 5.75 Å². The van der Waals surface area contributed by atoms with Gasteiger partial charge in [-0.25, -0.2) is 14.2 Å². The molecule has 6 nitrogen and oxygen atoms in total. The number of carbonyl (C=O) groups excluding carboxylic acids is 2. The second-order valence-electron chi connectivity index (χ2n) is 7.05. The van der Waals surface area contributed by atoms with Gasteiger partial charge >= 0.3 is 5.97 Å². The van der Waals surface area contributed by atoms with Crippen LogP contribution in [0.5, 0.6) is 5.75 Å². The molecule has 0 aliphatic carbocycles. The van der Waals surface area contributed by atoms with E-state index in [9.17, 15) is 14.0 Å². The van der Waals surface area contributed by atoms with Gasteiger partial charge in [-0.1, -0.05) is 30.3 Å². The third-order valence-corrected chi connectivity index (χ3v) is 4.59. The molecule has 0 unspecified atom stereocenters. The van der Waals surface area contributed by atoms with Crippen LogP contribution in [0.3, 0.4) is 0 Å². The number of carbonyl (C=O) groups is 2. The number of halogens is 1. The first-order chi connectivity index (χ1) is 15.5. The topological polar surface area (TPSA) is 77.0 Å². The summed E-state index contributed by atoms with van der Waals surface area (Å²) < 4.78 is 24.3. The van der Waals surface area contributed by atoms with Crippen molar-refractivity contribution in [1.29, 1.82) is 0 Å². The fourth-order valence-corrected chi connectivity index (χ4v) is 3.05. The zero-order valence-electron chi connectivity index (χ0n) is 17.2. The lowest BCUT2D eigenvalue weighted by molar-refractivity contribution is -0.129. The van der Waals surface area contributed by atoms with Crippen LogP contribution in [0.15, 0.2) is 83.5 Å². The van der Waals surface area contributed by atoms with Crippen molar-refractivity contribution in [3.05, 3.63) is 101 Å². The summed E-state index contributed by atoms with van der Waals surface area (Å²) in [5, 5.41) is 2.68. The van der Waals surface area contributed by atoms with Gasteiger partial charge in [-0.05, 0) is 54.1 Å². The van der Waals surface area contributed by atoms with E-state index in [2.05, 4.69) is 10.3 Å². The highest BCUT2D eigenvalue weighted by atomic mass is 19.1. The highest BCUT2D eigenvalue weighted by molar-refractivity contribution is 6.13. The molecule has 1 N–H and O–H groups in total. The number of benzene rings is 3. The normalized spacial score (nSPS) is 14.1. The molecule has 4 rings (SSSR count). The Kier molecular flexibility index (Phi) is 6.07. The lowest BCUT2D eigenvalue weighted by Gasteiger charge is -2.09. The SMILES string of the molecule is CC(=O)Nc1ccc(C2=N/C(=C\c3ccccc3OCc3ccc(F)cc3)C(=O)O2)cc1. The number of nitrogens with zero attached hydrogens (tertiary/aromatic N) is 1. The van der Waals surface area contributed by atoms with Crippen molar-refractivity contribution < 1.29 is 23.5 Å². The summed E-state index contributed by atoms with van der Waals surface area (Å²) in [7, 11) is 0. The number of nitrogens with one attached hydrogen (secondary N) is 1. The van der Waals surface area contributed by atoms with Crippen LogP contribution in [0.4, 0.5) is 10.1 Å². The van der Waals surface area contributed by atoms with E-state index in [-0.39, 0.29) is 29.9 Å². The predicted molar refractivity (Wildman–Crippen MR) is 119 cm³/mol. The van der Waals surface area contributed by atoms with Gasteiger partial charge in [0.15, 0.2) is 5.70 Å². The van der Waals surface area contributed by atoms with E-state index in [4.69, 9.17) is 9.47 Å². The van der Waals surface area contributed by atoms with Crippen molar-refractivity contribution in [2.45, 2.75) is 13.5 Å². The van der Waals surface area contributed by atoms with E-state index in [1.165, 1.54) is 19.1 Å². The first-order valence-corrected chi connectivity index (χ1v) is 9.85. The second kappa shape index (κ2) is 9.26. The van der Waals surface area contributed by atoms with Gasteiger partial charge in [0.25, 0.3) is 0 Å². The molecule has 3 aromatic rings. The van der Waals surface area contributed by atoms with E-state index in [1.807, 2.05) is 12.1 Å². The molecule has 0 spiro atoms. The highest BCUT2D eigenvalue weighted by Crippen LogP contribution is 2.26. The molecule has 1 aliphatic heterocycles. The number of rotatable bonds is 6. The molecular weight excluding hydrogens is 411 g/mol. The quantitative estimate of drug-likeness (QED) is 0.454. The molecule has 32 heavy (non-hydrogen) atoms. The molecule has 0 aromatic heterocycles. The van der Waals surface area contributed by atoms with E-state index in [0.717, 1.165) is 5.56 Å². The third kappa shape index (κ3) is 5.07. The van der Waals surface area contributed by atoms with Gasteiger partial charge in [-0.15, -0.1) is 0 Å². The summed E-state index contributed by atoms with van der Waals surface area (Å²) in [6.45, 7) is 1.68. The minimum absolute atomic E-state index is 0.142. The molecule has 7 heteroatoms. The molecule has 0 radical (unpaired) electrons. The Labute approximate surface area is 184 Å². The minimum atomic E-state index is -0.570.